The maximum Gasteiger partial charge on any atom is 0.189 e. The Balaban J connectivity index is 1.28. The van der Waals surface area contributed by atoms with E-state index in [0.29, 0.717) is 6.04 Å². The maximum atomic E-state index is 4.74. The van der Waals surface area contributed by atoms with Crippen molar-refractivity contribution in [1.82, 2.24) is 25.5 Å². The van der Waals surface area contributed by atoms with Crippen LogP contribution in [0.5, 0.6) is 0 Å². The number of benzene rings is 1. The Kier molecular flexibility index (Phi) is 5.70. The zero-order chi connectivity index (χ0) is 21.2. The van der Waals surface area contributed by atoms with Crippen LogP contribution in [0.2, 0.25) is 0 Å². The van der Waals surface area contributed by atoms with Crippen molar-refractivity contribution < 1.29 is 0 Å². The molecular formula is C24H28N6S. The second-order valence-corrected chi connectivity index (χ2v) is 9.53. The van der Waals surface area contributed by atoms with Crippen LogP contribution in [0.25, 0.3) is 21.3 Å². The van der Waals surface area contributed by atoms with E-state index in [1.165, 1.54) is 31.2 Å². The number of hydrogen-bond donors (Lipinski definition) is 3. The van der Waals surface area contributed by atoms with Crippen molar-refractivity contribution in [3.8, 4) is 11.1 Å². The van der Waals surface area contributed by atoms with Gasteiger partial charge in [-0.15, -0.1) is 0 Å². The molecular weight excluding hydrogens is 404 g/mol. The predicted molar refractivity (Wildman–Crippen MR) is 128 cm³/mol. The smallest absolute Gasteiger partial charge is 0.189 e. The predicted octanol–water partition coefficient (Wildman–Crippen LogP) is 5.80. The normalized spacial score (nSPS) is 15.5. The van der Waals surface area contributed by atoms with E-state index in [4.69, 9.17) is 4.98 Å². The standard InChI is InChI=1S/C24H28N6S/c1-15(18-5-3-4-6-18)26-13-17-9-10-25-23(11-17)29-24-28-21-8-7-19(12-22(21)31-24)20-14-27-30-16(20)2/h7-12,14-15,18,26H,3-6,13H2,1-2H3,(H,27,30)(H,25,28,29). The molecule has 3 N–H and O–H groups in total. The number of aryl methyl sites for hydroxylation is 1. The molecule has 160 valence electrons. The van der Waals surface area contributed by atoms with Crippen LogP contribution in [0.3, 0.4) is 0 Å². The van der Waals surface area contributed by atoms with E-state index in [0.717, 1.165) is 50.4 Å². The van der Waals surface area contributed by atoms with Crippen LogP contribution in [0.1, 0.15) is 43.9 Å². The van der Waals surface area contributed by atoms with E-state index in [1.807, 2.05) is 19.3 Å². The highest BCUT2D eigenvalue weighted by Crippen LogP contribution is 2.32. The van der Waals surface area contributed by atoms with Crippen LogP contribution in [0.15, 0.2) is 42.7 Å². The minimum Gasteiger partial charge on any atom is -0.316 e. The highest BCUT2D eigenvalue weighted by Gasteiger charge is 2.20. The van der Waals surface area contributed by atoms with E-state index in [-0.39, 0.29) is 0 Å². The van der Waals surface area contributed by atoms with Gasteiger partial charge in [0.15, 0.2) is 5.13 Å². The highest BCUT2D eigenvalue weighted by atomic mass is 32.1. The molecule has 0 amide bonds. The van der Waals surface area contributed by atoms with Crippen LogP contribution >= 0.6 is 11.3 Å². The Morgan fingerprint density at radius 1 is 1.19 bits per heavy atom. The summed E-state index contributed by atoms with van der Waals surface area (Å²) in [5.74, 6) is 1.65. The van der Waals surface area contributed by atoms with Gasteiger partial charge in [0, 0.05) is 30.0 Å². The first kappa shape index (κ1) is 20.2. The molecule has 7 heteroatoms. The Hall–Kier alpha value is -2.77. The maximum absolute atomic E-state index is 4.74. The van der Waals surface area contributed by atoms with Gasteiger partial charge in [-0.2, -0.15) is 5.10 Å². The fourth-order valence-electron chi connectivity index (χ4n) is 4.45. The summed E-state index contributed by atoms with van der Waals surface area (Å²) in [6, 6.07) is 11.1. The summed E-state index contributed by atoms with van der Waals surface area (Å²) >= 11 is 1.64. The van der Waals surface area contributed by atoms with Gasteiger partial charge in [-0.25, -0.2) is 9.97 Å². The first-order valence-corrected chi connectivity index (χ1v) is 11.8. The van der Waals surface area contributed by atoms with E-state index < -0.39 is 0 Å². The number of nitrogens with one attached hydrogen (secondary N) is 3. The summed E-state index contributed by atoms with van der Waals surface area (Å²) in [7, 11) is 0. The van der Waals surface area contributed by atoms with E-state index in [9.17, 15) is 0 Å². The zero-order valence-electron chi connectivity index (χ0n) is 18.0. The van der Waals surface area contributed by atoms with Crippen molar-refractivity contribution in [2.75, 3.05) is 5.32 Å². The highest BCUT2D eigenvalue weighted by molar-refractivity contribution is 7.22. The molecule has 0 aliphatic heterocycles. The topological polar surface area (TPSA) is 78.5 Å². The molecule has 4 aromatic rings. The minimum absolute atomic E-state index is 0.560. The Bertz CT molecular complexity index is 1170. The number of hydrogen-bond acceptors (Lipinski definition) is 6. The second-order valence-electron chi connectivity index (χ2n) is 8.50. The van der Waals surface area contributed by atoms with Crippen molar-refractivity contribution in [1.29, 1.82) is 0 Å². The van der Waals surface area contributed by atoms with E-state index in [1.54, 1.807) is 11.3 Å². The lowest BCUT2D eigenvalue weighted by Gasteiger charge is -2.20. The van der Waals surface area contributed by atoms with Crippen molar-refractivity contribution in [3.63, 3.8) is 0 Å². The van der Waals surface area contributed by atoms with Crippen LogP contribution in [-0.2, 0) is 6.54 Å². The summed E-state index contributed by atoms with van der Waals surface area (Å²) in [5, 5.41) is 15.1. The molecule has 1 atom stereocenters. The number of pyridine rings is 1. The van der Waals surface area contributed by atoms with Gasteiger partial charge < -0.3 is 10.6 Å². The SMILES string of the molecule is Cc1[nH]ncc1-c1ccc2nc(Nc3cc(CNC(C)C4CCCC4)ccn3)sc2c1. The number of fused-ring (bicyclic) bond motifs is 1. The van der Waals surface area contributed by atoms with Crippen molar-refractivity contribution in [3.05, 3.63) is 54.0 Å². The molecule has 3 aromatic heterocycles. The van der Waals surface area contributed by atoms with E-state index >= 15 is 0 Å². The lowest BCUT2D eigenvalue weighted by molar-refractivity contribution is 0.380. The van der Waals surface area contributed by atoms with Crippen molar-refractivity contribution in [2.45, 2.75) is 52.1 Å². The van der Waals surface area contributed by atoms with Gasteiger partial charge >= 0.3 is 0 Å². The molecule has 1 fully saturated rings. The fourth-order valence-corrected chi connectivity index (χ4v) is 5.36. The molecule has 6 nitrogen and oxygen atoms in total. The van der Waals surface area contributed by atoms with Gasteiger partial charge in [-0.1, -0.05) is 30.2 Å². The lowest BCUT2D eigenvalue weighted by atomic mass is 10.00. The summed E-state index contributed by atoms with van der Waals surface area (Å²) in [5.41, 5.74) is 5.57. The van der Waals surface area contributed by atoms with Crippen molar-refractivity contribution >= 4 is 32.5 Å². The first-order valence-electron chi connectivity index (χ1n) is 11.0. The number of nitrogens with zero attached hydrogens (tertiary/aromatic N) is 3. The number of rotatable bonds is 7. The van der Waals surface area contributed by atoms with Gasteiger partial charge in [0.1, 0.15) is 5.82 Å². The fraction of sp³-hybridized carbons (Fsp3) is 0.375. The third-order valence-corrected chi connectivity index (χ3v) is 7.26. The number of thiazole rings is 1. The second kappa shape index (κ2) is 8.77. The summed E-state index contributed by atoms with van der Waals surface area (Å²) < 4.78 is 1.14. The Morgan fingerprint density at radius 2 is 2.06 bits per heavy atom. The molecule has 3 heterocycles. The third-order valence-electron chi connectivity index (χ3n) is 6.32. The van der Waals surface area contributed by atoms with Crippen LogP contribution in [0.4, 0.5) is 10.9 Å². The van der Waals surface area contributed by atoms with Crippen LogP contribution in [-0.4, -0.2) is 26.2 Å². The largest absolute Gasteiger partial charge is 0.316 e. The number of aromatic amines is 1. The summed E-state index contributed by atoms with van der Waals surface area (Å²) in [6.07, 6.45) is 9.21. The first-order chi connectivity index (χ1) is 15.2. The molecule has 1 aromatic carbocycles. The quantitative estimate of drug-likeness (QED) is 0.344. The number of aromatic nitrogens is 4. The van der Waals surface area contributed by atoms with Gasteiger partial charge in [-0.05, 0) is 68.0 Å². The summed E-state index contributed by atoms with van der Waals surface area (Å²) in [6.45, 7) is 5.22. The molecule has 0 saturated heterocycles. The minimum atomic E-state index is 0.560. The third kappa shape index (κ3) is 4.48. The molecule has 31 heavy (non-hydrogen) atoms. The summed E-state index contributed by atoms with van der Waals surface area (Å²) in [4.78, 5) is 9.23. The number of anilines is 2. The monoisotopic (exact) mass is 432 g/mol. The average molecular weight is 433 g/mol. The molecule has 0 spiro atoms. The van der Waals surface area contributed by atoms with Crippen LogP contribution in [0, 0.1) is 12.8 Å². The van der Waals surface area contributed by atoms with Gasteiger partial charge in [0.25, 0.3) is 0 Å². The van der Waals surface area contributed by atoms with Gasteiger partial charge in [-0.3, -0.25) is 5.10 Å². The molecule has 0 bridgehead atoms. The Morgan fingerprint density at radius 3 is 2.87 bits per heavy atom. The molecule has 1 unspecified atom stereocenters. The van der Waals surface area contributed by atoms with E-state index in [2.05, 4.69) is 63.1 Å². The lowest BCUT2D eigenvalue weighted by Crippen LogP contribution is -2.31. The molecule has 0 radical (unpaired) electrons. The molecule has 1 aliphatic rings. The molecule has 5 rings (SSSR count). The van der Waals surface area contributed by atoms with Gasteiger partial charge in [0.05, 0.1) is 16.4 Å². The number of H-pyrrole nitrogens is 1. The molecule has 1 aliphatic carbocycles. The van der Waals surface area contributed by atoms with Crippen molar-refractivity contribution in [2.24, 2.45) is 5.92 Å². The average Bonchev–Trinajstić information content (AvgIpc) is 3.52. The molecule has 1 saturated carbocycles. The van der Waals surface area contributed by atoms with Crippen LogP contribution < -0.4 is 10.6 Å². The zero-order valence-corrected chi connectivity index (χ0v) is 18.8. The van der Waals surface area contributed by atoms with Gasteiger partial charge in [0.2, 0.25) is 0 Å². The Labute approximate surface area is 186 Å².